The van der Waals surface area contributed by atoms with Crippen LogP contribution in [0.15, 0.2) is 12.1 Å². The molecule has 0 aliphatic heterocycles. The van der Waals surface area contributed by atoms with E-state index in [-0.39, 0.29) is 0 Å². The second-order valence-electron chi connectivity index (χ2n) is 12.4. The van der Waals surface area contributed by atoms with Gasteiger partial charge in [-0.1, -0.05) is 135 Å². The summed E-state index contributed by atoms with van der Waals surface area (Å²) in [5.41, 5.74) is 8.08. The third-order valence-corrected chi connectivity index (χ3v) is 9.19. The van der Waals surface area contributed by atoms with E-state index in [1.54, 1.807) is 0 Å². The molecule has 0 bridgehead atoms. The van der Waals surface area contributed by atoms with Crippen LogP contribution in [-0.4, -0.2) is 11.0 Å². The standard InChI is InChI=1S/C33H59N3/c1-28-32(25-26-33(34)35-28)36-31-23-16-12-11-15-21-30(22-17-18-24-31)27-29-19-13-9-7-5-3-2-4-6-8-10-14-20-29/h25-26,29-31,36H,2-24,27H2,1H3,(H2,34,35). The number of hydrogen-bond acceptors (Lipinski definition) is 3. The fraction of sp³-hybridized carbons (Fsp3) is 0.848. The Bertz CT molecular complexity index is 674. The molecule has 0 amide bonds. The molecule has 0 saturated heterocycles. The molecule has 3 N–H and O–H groups in total. The molecule has 1 heterocycles. The van der Waals surface area contributed by atoms with Crippen molar-refractivity contribution < 1.29 is 0 Å². The Balaban J connectivity index is 1.47. The number of nitrogens with two attached hydrogens (primary N) is 1. The molecule has 2 aliphatic rings. The van der Waals surface area contributed by atoms with Crippen LogP contribution < -0.4 is 11.1 Å². The van der Waals surface area contributed by atoms with Crippen molar-refractivity contribution >= 4 is 11.5 Å². The summed E-state index contributed by atoms with van der Waals surface area (Å²) in [6, 6.07) is 4.63. The molecular weight excluding hydrogens is 438 g/mol. The largest absolute Gasteiger partial charge is 0.384 e. The van der Waals surface area contributed by atoms with Crippen LogP contribution in [0.25, 0.3) is 0 Å². The molecule has 36 heavy (non-hydrogen) atoms. The first-order valence-corrected chi connectivity index (χ1v) is 16.2. The average Bonchev–Trinajstić information content (AvgIpc) is 2.86. The van der Waals surface area contributed by atoms with E-state index in [0.29, 0.717) is 11.9 Å². The van der Waals surface area contributed by atoms with Gasteiger partial charge in [0.25, 0.3) is 0 Å². The first-order valence-electron chi connectivity index (χ1n) is 16.2. The maximum atomic E-state index is 5.87. The number of hydrogen-bond donors (Lipinski definition) is 2. The number of nitrogen functional groups attached to an aromatic ring is 1. The summed E-state index contributed by atoms with van der Waals surface area (Å²) in [5.74, 6) is 2.60. The summed E-state index contributed by atoms with van der Waals surface area (Å²) >= 11 is 0. The molecule has 2 saturated carbocycles. The molecule has 3 heteroatoms. The number of rotatable bonds is 4. The van der Waals surface area contributed by atoms with Crippen molar-refractivity contribution in [1.82, 2.24) is 4.98 Å². The maximum Gasteiger partial charge on any atom is 0.123 e. The van der Waals surface area contributed by atoms with Gasteiger partial charge in [-0.25, -0.2) is 4.98 Å². The molecule has 1 aromatic heterocycles. The molecule has 2 atom stereocenters. The predicted molar refractivity (Wildman–Crippen MR) is 159 cm³/mol. The zero-order valence-electron chi connectivity index (χ0n) is 23.9. The highest BCUT2D eigenvalue weighted by atomic mass is 15.0. The molecule has 1 aromatic rings. The van der Waals surface area contributed by atoms with Crippen molar-refractivity contribution in [3.8, 4) is 0 Å². The fourth-order valence-corrected chi connectivity index (χ4v) is 6.93. The van der Waals surface area contributed by atoms with Crippen molar-refractivity contribution in [2.45, 2.75) is 167 Å². The molecule has 2 aliphatic carbocycles. The Morgan fingerprint density at radius 1 is 0.611 bits per heavy atom. The molecule has 2 fully saturated rings. The lowest BCUT2D eigenvalue weighted by Gasteiger charge is -2.26. The lowest BCUT2D eigenvalue weighted by atomic mass is 9.81. The number of aromatic nitrogens is 1. The van der Waals surface area contributed by atoms with Crippen LogP contribution in [0.1, 0.15) is 160 Å². The van der Waals surface area contributed by atoms with E-state index in [0.717, 1.165) is 17.5 Å². The number of nitrogens with zero attached hydrogens (tertiary/aromatic N) is 1. The second-order valence-corrected chi connectivity index (χ2v) is 12.4. The van der Waals surface area contributed by atoms with E-state index in [1.807, 2.05) is 6.07 Å². The zero-order chi connectivity index (χ0) is 25.3. The van der Waals surface area contributed by atoms with Crippen LogP contribution in [0.5, 0.6) is 0 Å². The minimum Gasteiger partial charge on any atom is -0.384 e. The molecular formula is C33H59N3. The van der Waals surface area contributed by atoms with Gasteiger partial charge >= 0.3 is 0 Å². The summed E-state index contributed by atoms with van der Waals surface area (Å²) < 4.78 is 0. The highest BCUT2D eigenvalue weighted by Gasteiger charge is 2.18. The molecule has 0 spiro atoms. The quantitative estimate of drug-likeness (QED) is 0.435. The molecule has 3 nitrogen and oxygen atoms in total. The number of anilines is 2. The Kier molecular flexibility index (Phi) is 14.7. The Morgan fingerprint density at radius 2 is 1.00 bits per heavy atom. The Morgan fingerprint density at radius 3 is 1.47 bits per heavy atom. The molecule has 2 unspecified atom stereocenters. The van der Waals surface area contributed by atoms with E-state index < -0.39 is 0 Å². The molecule has 3 rings (SSSR count). The number of pyridine rings is 1. The minimum absolute atomic E-state index is 0.576. The van der Waals surface area contributed by atoms with Gasteiger partial charge in [-0.3, -0.25) is 0 Å². The normalized spacial score (nSPS) is 25.7. The third kappa shape index (κ3) is 12.3. The zero-order valence-corrected chi connectivity index (χ0v) is 23.9. The smallest absolute Gasteiger partial charge is 0.123 e. The van der Waals surface area contributed by atoms with Gasteiger partial charge in [0.1, 0.15) is 5.82 Å². The summed E-state index contributed by atoms with van der Waals surface area (Å²) in [6.07, 6.45) is 34.8. The highest BCUT2D eigenvalue weighted by molar-refractivity contribution is 5.51. The predicted octanol–water partition coefficient (Wildman–Crippen LogP) is 10.4. The number of nitrogens with one attached hydrogen (secondary N) is 1. The van der Waals surface area contributed by atoms with Crippen molar-refractivity contribution in [1.29, 1.82) is 0 Å². The van der Waals surface area contributed by atoms with Gasteiger partial charge in [-0.2, -0.15) is 0 Å². The van der Waals surface area contributed by atoms with E-state index in [4.69, 9.17) is 5.73 Å². The third-order valence-electron chi connectivity index (χ3n) is 9.19. The highest BCUT2D eigenvalue weighted by Crippen LogP contribution is 2.32. The SMILES string of the molecule is Cc1nc(N)ccc1NC1CCCCCCC(CC2CCCCCCCCCCCCC2)CCCC1. The molecule has 0 aromatic carbocycles. The first-order chi connectivity index (χ1) is 17.7. The number of aryl methyl sites for hydroxylation is 1. The van der Waals surface area contributed by atoms with Gasteiger partial charge in [0.05, 0.1) is 11.4 Å². The van der Waals surface area contributed by atoms with E-state index in [2.05, 4.69) is 23.3 Å². The van der Waals surface area contributed by atoms with Crippen LogP contribution in [0, 0.1) is 18.8 Å². The summed E-state index contributed by atoms with van der Waals surface area (Å²) in [4.78, 5) is 4.46. The lowest BCUT2D eigenvalue weighted by Crippen LogP contribution is -2.21. The Hall–Kier alpha value is -1.25. The maximum absolute atomic E-state index is 5.87. The van der Waals surface area contributed by atoms with Crippen LogP contribution in [0.3, 0.4) is 0 Å². The molecule has 206 valence electrons. The van der Waals surface area contributed by atoms with Gasteiger partial charge < -0.3 is 11.1 Å². The Labute approximate surface area is 224 Å². The lowest BCUT2D eigenvalue weighted by molar-refractivity contribution is 0.279. The summed E-state index contributed by atoms with van der Waals surface area (Å²) in [5, 5.41) is 3.83. The first kappa shape index (κ1) is 29.3. The van der Waals surface area contributed by atoms with Gasteiger partial charge in [-0.15, -0.1) is 0 Å². The summed E-state index contributed by atoms with van der Waals surface area (Å²) in [7, 11) is 0. The van der Waals surface area contributed by atoms with E-state index in [1.165, 1.54) is 160 Å². The van der Waals surface area contributed by atoms with E-state index >= 15 is 0 Å². The van der Waals surface area contributed by atoms with Crippen molar-refractivity contribution in [2.24, 2.45) is 11.8 Å². The van der Waals surface area contributed by atoms with Gasteiger partial charge in [-0.05, 0) is 50.2 Å². The van der Waals surface area contributed by atoms with Gasteiger partial charge in [0, 0.05) is 6.04 Å². The minimum atomic E-state index is 0.576. The summed E-state index contributed by atoms with van der Waals surface area (Å²) in [6.45, 7) is 2.07. The van der Waals surface area contributed by atoms with Crippen LogP contribution >= 0.6 is 0 Å². The van der Waals surface area contributed by atoms with E-state index in [9.17, 15) is 0 Å². The van der Waals surface area contributed by atoms with Crippen molar-refractivity contribution in [3.63, 3.8) is 0 Å². The van der Waals surface area contributed by atoms with Crippen LogP contribution in [-0.2, 0) is 0 Å². The average molecular weight is 498 g/mol. The van der Waals surface area contributed by atoms with Gasteiger partial charge in [0.2, 0.25) is 0 Å². The van der Waals surface area contributed by atoms with Gasteiger partial charge in [0.15, 0.2) is 0 Å². The second kappa shape index (κ2) is 18.1. The topological polar surface area (TPSA) is 50.9 Å². The van der Waals surface area contributed by atoms with Crippen LogP contribution in [0.2, 0.25) is 0 Å². The van der Waals surface area contributed by atoms with Crippen LogP contribution in [0.4, 0.5) is 11.5 Å². The van der Waals surface area contributed by atoms with Crippen molar-refractivity contribution in [2.75, 3.05) is 11.1 Å². The fourth-order valence-electron chi connectivity index (χ4n) is 6.93. The monoisotopic (exact) mass is 497 g/mol. The van der Waals surface area contributed by atoms with Crippen molar-refractivity contribution in [3.05, 3.63) is 17.8 Å². The molecule has 0 radical (unpaired) electrons.